The predicted octanol–water partition coefficient (Wildman–Crippen LogP) is 1.37. The Hall–Kier alpha value is -1.40. The van der Waals surface area contributed by atoms with Crippen LogP contribution in [0.5, 0.6) is 0 Å². The van der Waals surface area contributed by atoms with Crippen molar-refractivity contribution in [3.63, 3.8) is 0 Å². The number of hydrogen-bond donors (Lipinski definition) is 2. The average Bonchev–Trinajstić information content (AvgIpc) is 2.94. The van der Waals surface area contributed by atoms with E-state index in [1.54, 1.807) is 19.1 Å². The third-order valence-corrected chi connectivity index (χ3v) is 5.84. The van der Waals surface area contributed by atoms with Gasteiger partial charge in [0.1, 0.15) is 0 Å². The van der Waals surface area contributed by atoms with Gasteiger partial charge in [0.25, 0.3) is 5.91 Å². The summed E-state index contributed by atoms with van der Waals surface area (Å²) < 4.78 is 24.1. The van der Waals surface area contributed by atoms with Crippen molar-refractivity contribution in [3.05, 3.63) is 29.8 Å². The van der Waals surface area contributed by atoms with Crippen LogP contribution in [0.2, 0.25) is 0 Å². The van der Waals surface area contributed by atoms with Crippen molar-refractivity contribution in [1.29, 1.82) is 0 Å². The van der Waals surface area contributed by atoms with Crippen LogP contribution in [0.3, 0.4) is 0 Å². The van der Waals surface area contributed by atoms with Crippen LogP contribution in [0.25, 0.3) is 0 Å². The molecule has 0 radical (unpaired) electrons. The predicted molar refractivity (Wildman–Crippen MR) is 79.8 cm³/mol. The fraction of sp³-hybridized carbons (Fsp3) is 0.533. The fourth-order valence-corrected chi connectivity index (χ4v) is 3.87. The molecule has 1 aliphatic rings. The van der Waals surface area contributed by atoms with Gasteiger partial charge in [-0.05, 0) is 25.0 Å². The molecule has 0 saturated heterocycles. The van der Waals surface area contributed by atoms with E-state index in [2.05, 4.69) is 5.32 Å². The van der Waals surface area contributed by atoms with Gasteiger partial charge >= 0.3 is 0 Å². The Kier molecular flexibility index (Phi) is 5.00. The van der Waals surface area contributed by atoms with E-state index in [-0.39, 0.29) is 40.7 Å². The van der Waals surface area contributed by atoms with Gasteiger partial charge < -0.3 is 10.4 Å². The monoisotopic (exact) mass is 311 g/mol. The van der Waals surface area contributed by atoms with E-state index in [4.69, 9.17) is 0 Å². The first-order valence-corrected chi connectivity index (χ1v) is 8.88. The number of nitrogens with one attached hydrogen (secondary N) is 1. The lowest BCUT2D eigenvalue weighted by Gasteiger charge is -2.19. The van der Waals surface area contributed by atoms with Crippen LogP contribution in [0.1, 0.15) is 36.5 Å². The summed E-state index contributed by atoms with van der Waals surface area (Å²) in [5.41, 5.74) is 0.183. The first-order valence-electron chi connectivity index (χ1n) is 7.23. The molecule has 2 unspecified atom stereocenters. The van der Waals surface area contributed by atoms with E-state index in [1.165, 1.54) is 12.1 Å². The van der Waals surface area contributed by atoms with E-state index in [0.717, 1.165) is 19.3 Å². The van der Waals surface area contributed by atoms with Crippen LogP contribution < -0.4 is 5.32 Å². The third kappa shape index (κ3) is 3.44. The fourth-order valence-electron chi connectivity index (χ4n) is 2.77. The summed E-state index contributed by atoms with van der Waals surface area (Å²) in [5.74, 6) is -0.364. The molecule has 1 aromatic rings. The number of rotatable bonds is 5. The highest BCUT2D eigenvalue weighted by atomic mass is 32.2. The molecule has 0 aromatic heterocycles. The zero-order chi connectivity index (χ0) is 15.5. The van der Waals surface area contributed by atoms with Crippen LogP contribution >= 0.6 is 0 Å². The SMILES string of the molecule is CCS(=O)(=O)c1ccccc1C(=O)NC1CCCC1CO. The summed E-state index contributed by atoms with van der Waals surface area (Å²) in [7, 11) is -3.44. The minimum absolute atomic E-state index is 0.0415. The third-order valence-electron chi connectivity index (χ3n) is 4.06. The molecular formula is C15H21NO4S. The maximum Gasteiger partial charge on any atom is 0.252 e. The van der Waals surface area contributed by atoms with Crippen LogP contribution in [-0.2, 0) is 9.84 Å². The zero-order valence-corrected chi connectivity index (χ0v) is 12.9. The Bertz CT molecular complexity index is 612. The first-order chi connectivity index (χ1) is 9.99. The smallest absolute Gasteiger partial charge is 0.252 e. The van der Waals surface area contributed by atoms with Gasteiger partial charge in [-0.3, -0.25) is 4.79 Å². The second-order valence-corrected chi connectivity index (χ2v) is 7.60. The van der Waals surface area contributed by atoms with Gasteiger partial charge in [-0.25, -0.2) is 8.42 Å². The highest BCUT2D eigenvalue weighted by Gasteiger charge is 2.29. The number of carbonyl (C=O) groups is 1. The molecule has 116 valence electrons. The van der Waals surface area contributed by atoms with Gasteiger partial charge in [-0.1, -0.05) is 25.5 Å². The molecular weight excluding hydrogens is 290 g/mol. The summed E-state index contributed by atoms with van der Waals surface area (Å²) in [6.45, 7) is 1.60. The second-order valence-electron chi connectivity index (χ2n) is 5.35. The maximum atomic E-state index is 12.4. The number of amides is 1. The highest BCUT2D eigenvalue weighted by molar-refractivity contribution is 7.91. The van der Waals surface area contributed by atoms with Crippen molar-refractivity contribution in [1.82, 2.24) is 5.32 Å². The highest BCUT2D eigenvalue weighted by Crippen LogP contribution is 2.26. The van der Waals surface area contributed by atoms with Gasteiger partial charge in [0.05, 0.1) is 16.2 Å². The molecule has 2 rings (SSSR count). The van der Waals surface area contributed by atoms with Crippen molar-refractivity contribution >= 4 is 15.7 Å². The normalized spacial score (nSPS) is 22.2. The lowest BCUT2D eigenvalue weighted by Crippen LogP contribution is -2.39. The van der Waals surface area contributed by atoms with Crippen molar-refractivity contribution in [2.24, 2.45) is 5.92 Å². The Morgan fingerprint density at radius 3 is 2.71 bits per heavy atom. The molecule has 6 heteroatoms. The van der Waals surface area contributed by atoms with Crippen molar-refractivity contribution < 1.29 is 18.3 Å². The molecule has 1 fully saturated rings. The Morgan fingerprint density at radius 2 is 2.05 bits per heavy atom. The summed E-state index contributed by atoms with van der Waals surface area (Å²) in [5, 5.41) is 12.2. The quantitative estimate of drug-likeness (QED) is 0.860. The molecule has 1 aliphatic carbocycles. The van der Waals surface area contributed by atoms with Crippen LogP contribution in [0.15, 0.2) is 29.2 Å². The molecule has 0 bridgehead atoms. The van der Waals surface area contributed by atoms with Crippen molar-refractivity contribution in [2.75, 3.05) is 12.4 Å². The Morgan fingerprint density at radius 1 is 1.33 bits per heavy atom. The molecule has 21 heavy (non-hydrogen) atoms. The molecule has 1 amide bonds. The van der Waals surface area contributed by atoms with Gasteiger partial charge in [0.15, 0.2) is 9.84 Å². The van der Waals surface area contributed by atoms with Crippen LogP contribution in [-0.4, -0.2) is 37.8 Å². The van der Waals surface area contributed by atoms with Crippen LogP contribution in [0, 0.1) is 5.92 Å². The summed E-state index contributed by atoms with van der Waals surface area (Å²) in [6.07, 6.45) is 2.67. The molecule has 2 atom stereocenters. The van der Waals surface area contributed by atoms with E-state index >= 15 is 0 Å². The number of aliphatic hydroxyl groups excluding tert-OH is 1. The summed E-state index contributed by atoms with van der Waals surface area (Å²) in [6, 6.07) is 6.18. The molecule has 0 heterocycles. The molecule has 0 aliphatic heterocycles. The maximum absolute atomic E-state index is 12.4. The van der Waals surface area contributed by atoms with E-state index in [9.17, 15) is 18.3 Å². The molecule has 0 spiro atoms. The minimum Gasteiger partial charge on any atom is -0.396 e. The molecule has 1 aromatic carbocycles. The zero-order valence-electron chi connectivity index (χ0n) is 12.1. The lowest BCUT2D eigenvalue weighted by atomic mass is 10.0. The minimum atomic E-state index is -3.44. The van der Waals surface area contributed by atoms with Gasteiger partial charge in [-0.15, -0.1) is 0 Å². The van der Waals surface area contributed by atoms with Gasteiger partial charge in [0, 0.05) is 18.6 Å². The summed E-state index contributed by atoms with van der Waals surface area (Å²) >= 11 is 0. The Labute approximate surface area is 125 Å². The topological polar surface area (TPSA) is 83.5 Å². The number of carbonyl (C=O) groups excluding carboxylic acids is 1. The number of hydrogen-bond acceptors (Lipinski definition) is 4. The number of benzene rings is 1. The largest absolute Gasteiger partial charge is 0.396 e. The average molecular weight is 311 g/mol. The molecule has 2 N–H and O–H groups in total. The Balaban J connectivity index is 2.24. The second kappa shape index (κ2) is 6.58. The van der Waals surface area contributed by atoms with Gasteiger partial charge in [0.2, 0.25) is 0 Å². The van der Waals surface area contributed by atoms with E-state index < -0.39 is 9.84 Å². The molecule has 1 saturated carbocycles. The first kappa shape index (κ1) is 16.0. The molecule has 5 nitrogen and oxygen atoms in total. The standard InChI is InChI=1S/C15H21NO4S/c1-2-21(19,20)14-9-4-3-7-12(14)15(18)16-13-8-5-6-11(13)10-17/h3-4,7,9,11,13,17H,2,5-6,8,10H2,1H3,(H,16,18). The number of sulfone groups is 1. The lowest BCUT2D eigenvalue weighted by molar-refractivity contribution is 0.0912. The van der Waals surface area contributed by atoms with E-state index in [1.807, 2.05) is 0 Å². The van der Waals surface area contributed by atoms with Crippen LogP contribution in [0.4, 0.5) is 0 Å². The van der Waals surface area contributed by atoms with Gasteiger partial charge in [-0.2, -0.15) is 0 Å². The summed E-state index contributed by atoms with van der Waals surface area (Å²) in [4.78, 5) is 12.5. The van der Waals surface area contributed by atoms with E-state index in [0.29, 0.717) is 0 Å². The number of aliphatic hydroxyl groups is 1. The van der Waals surface area contributed by atoms with Crippen molar-refractivity contribution in [3.8, 4) is 0 Å². The van der Waals surface area contributed by atoms with Crippen molar-refractivity contribution in [2.45, 2.75) is 37.1 Å².